The van der Waals surface area contributed by atoms with Gasteiger partial charge in [-0.05, 0) is 12.2 Å². The summed E-state index contributed by atoms with van der Waals surface area (Å²) in [5.41, 5.74) is 6.19. The number of H-pyrrole nitrogens is 3. The van der Waals surface area contributed by atoms with Crippen molar-refractivity contribution in [2.75, 3.05) is 20.0 Å². The third-order valence-corrected chi connectivity index (χ3v) is 3.83. The van der Waals surface area contributed by atoms with E-state index in [0.717, 1.165) is 0 Å². The Morgan fingerprint density at radius 1 is 1.04 bits per heavy atom. The first-order valence-electron chi connectivity index (χ1n) is 6.05. The number of ether oxygens (including phenoxy) is 2. The highest BCUT2D eigenvalue weighted by Crippen LogP contribution is 2.34. The van der Waals surface area contributed by atoms with Gasteiger partial charge >= 0.3 is 11.9 Å². The number of carbonyl (C=O) groups is 2. The summed E-state index contributed by atoms with van der Waals surface area (Å²) in [5.74, 6) is -1.40. The Kier molecular flexibility index (Phi) is 4.92. The van der Waals surface area contributed by atoms with Crippen LogP contribution in [-0.2, 0) is 9.47 Å². The summed E-state index contributed by atoms with van der Waals surface area (Å²) < 4.78 is 9.82. The summed E-state index contributed by atoms with van der Waals surface area (Å²) >= 11 is 14.3. The molecule has 0 aliphatic carbocycles. The third-order valence-electron chi connectivity index (χ3n) is 2.98. The van der Waals surface area contributed by atoms with Crippen molar-refractivity contribution >= 4 is 54.8 Å². The monoisotopic (exact) mass is 372 g/mol. The number of hydrogen-bond donors (Lipinski definition) is 5. The molecule has 0 saturated carbocycles. The molecule has 11 heteroatoms. The Balaban J connectivity index is 2.89. The number of hydrogen-bond acceptors (Lipinski definition) is 8. The van der Waals surface area contributed by atoms with Crippen LogP contribution in [0.4, 0.5) is 5.82 Å². The lowest BCUT2D eigenvalue weighted by atomic mass is 10.1. The van der Waals surface area contributed by atoms with E-state index in [-0.39, 0.29) is 42.6 Å². The van der Waals surface area contributed by atoms with Crippen molar-refractivity contribution in [3.05, 3.63) is 20.5 Å². The molecule has 5 N–H and O–H groups in total. The molecule has 0 spiro atoms. The van der Waals surface area contributed by atoms with Crippen LogP contribution >= 0.6 is 37.1 Å². The van der Waals surface area contributed by atoms with Gasteiger partial charge in [-0.1, -0.05) is 12.2 Å². The van der Waals surface area contributed by atoms with Crippen LogP contribution in [0.1, 0.15) is 20.7 Å². The molecule has 0 radical (unpaired) electrons. The van der Waals surface area contributed by atoms with Crippen LogP contribution in [0.15, 0.2) is 5.03 Å². The molecule has 2 heterocycles. The molecule has 0 atom stereocenters. The number of methoxy groups -OCH3 is 2. The van der Waals surface area contributed by atoms with Crippen LogP contribution in [0.25, 0.3) is 11.3 Å². The first-order valence-corrected chi connectivity index (χ1v) is 7.32. The van der Waals surface area contributed by atoms with Gasteiger partial charge in [0.2, 0.25) is 0 Å². The Labute approximate surface area is 145 Å². The zero-order valence-electron chi connectivity index (χ0n) is 12.0. The molecule has 0 fully saturated rings. The van der Waals surface area contributed by atoms with Gasteiger partial charge in [-0.2, -0.15) is 0 Å². The SMILES string of the molecule is COC(=O)c1c(S)[nH]c(-c2c(N)[nH]c(=S)[nH]c2=S)c1C(=O)OC. The summed E-state index contributed by atoms with van der Waals surface area (Å²) in [6, 6.07) is 0. The van der Waals surface area contributed by atoms with Gasteiger partial charge in [0.05, 0.1) is 30.5 Å². The van der Waals surface area contributed by atoms with E-state index < -0.39 is 11.9 Å². The fourth-order valence-corrected chi connectivity index (χ4v) is 2.94. The molecule has 0 aliphatic heterocycles. The zero-order valence-corrected chi connectivity index (χ0v) is 14.5. The van der Waals surface area contributed by atoms with Gasteiger partial charge in [-0.25, -0.2) is 9.59 Å². The summed E-state index contributed by atoms with van der Waals surface area (Å²) in [7, 11) is 2.37. The molecule has 0 aliphatic rings. The predicted octanol–water partition coefficient (Wildman–Crippen LogP) is 2.24. The first-order chi connectivity index (χ1) is 10.8. The van der Waals surface area contributed by atoms with E-state index in [2.05, 4.69) is 32.3 Å². The third kappa shape index (κ3) is 3.02. The minimum Gasteiger partial charge on any atom is -0.465 e. The highest BCUT2D eigenvalue weighted by molar-refractivity contribution is 7.80. The Morgan fingerprint density at radius 3 is 2.13 bits per heavy atom. The fourth-order valence-electron chi connectivity index (χ4n) is 2.03. The molecule has 23 heavy (non-hydrogen) atoms. The smallest absolute Gasteiger partial charge is 0.341 e. The van der Waals surface area contributed by atoms with Crippen molar-refractivity contribution in [1.29, 1.82) is 0 Å². The lowest BCUT2D eigenvalue weighted by Gasteiger charge is -2.07. The van der Waals surface area contributed by atoms with Gasteiger partial charge in [0.15, 0.2) is 4.77 Å². The van der Waals surface area contributed by atoms with Crippen LogP contribution in [0.2, 0.25) is 0 Å². The molecule has 2 aromatic rings. The molecule has 0 unspecified atom stereocenters. The van der Waals surface area contributed by atoms with Gasteiger partial charge in [0.25, 0.3) is 0 Å². The molecule has 2 rings (SSSR count). The molecule has 2 aromatic heterocycles. The Hall–Kier alpha value is -2.11. The van der Waals surface area contributed by atoms with Gasteiger partial charge < -0.3 is 30.2 Å². The van der Waals surface area contributed by atoms with Crippen molar-refractivity contribution in [1.82, 2.24) is 15.0 Å². The van der Waals surface area contributed by atoms with E-state index >= 15 is 0 Å². The molecule has 0 aromatic carbocycles. The van der Waals surface area contributed by atoms with Crippen molar-refractivity contribution < 1.29 is 19.1 Å². The highest BCUT2D eigenvalue weighted by Gasteiger charge is 2.30. The predicted molar refractivity (Wildman–Crippen MR) is 90.9 cm³/mol. The Morgan fingerprint density at radius 2 is 1.61 bits per heavy atom. The lowest BCUT2D eigenvalue weighted by molar-refractivity contribution is 0.0554. The highest BCUT2D eigenvalue weighted by atomic mass is 32.1. The van der Waals surface area contributed by atoms with Crippen LogP contribution in [0, 0.1) is 9.41 Å². The standard InChI is InChI=1S/C12H12N4O4S3/c1-19-10(17)3-4(11(18)20-2)8(21)14-6(3)5-7(13)15-12(23)16-9(5)22/h14,21H,1-2H3,(H4,13,15,16,22,23). The van der Waals surface area contributed by atoms with Gasteiger partial charge in [-0.3, -0.25) is 0 Å². The molecule has 0 amide bonds. The number of esters is 2. The second kappa shape index (κ2) is 6.56. The number of anilines is 1. The van der Waals surface area contributed by atoms with Crippen LogP contribution in [0.5, 0.6) is 0 Å². The van der Waals surface area contributed by atoms with Gasteiger partial charge in [0.1, 0.15) is 21.6 Å². The Bertz CT molecular complexity index is 912. The maximum atomic E-state index is 12.2. The number of nitrogens with two attached hydrogens (primary N) is 1. The van der Waals surface area contributed by atoms with E-state index in [1.54, 1.807) is 0 Å². The second-order valence-corrected chi connectivity index (χ2v) is 5.54. The van der Waals surface area contributed by atoms with Gasteiger partial charge in [0, 0.05) is 0 Å². The van der Waals surface area contributed by atoms with Gasteiger partial charge in [-0.15, -0.1) is 12.6 Å². The zero-order chi connectivity index (χ0) is 17.3. The summed E-state index contributed by atoms with van der Waals surface area (Å²) in [6.45, 7) is 0. The van der Waals surface area contributed by atoms with Crippen molar-refractivity contribution in [3.8, 4) is 11.3 Å². The molecule has 0 saturated heterocycles. The number of rotatable bonds is 3. The van der Waals surface area contributed by atoms with E-state index in [9.17, 15) is 9.59 Å². The quantitative estimate of drug-likeness (QED) is 0.318. The molecular formula is C12H12N4O4S3. The largest absolute Gasteiger partial charge is 0.465 e. The van der Waals surface area contributed by atoms with E-state index in [4.69, 9.17) is 34.9 Å². The number of carbonyl (C=O) groups excluding carboxylic acids is 2. The molecule has 8 nitrogen and oxygen atoms in total. The van der Waals surface area contributed by atoms with E-state index in [0.29, 0.717) is 0 Å². The van der Waals surface area contributed by atoms with E-state index in [1.165, 1.54) is 14.2 Å². The average molecular weight is 372 g/mol. The normalized spacial score (nSPS) is 10.4. The van der Waals surface area contributed by atoms with Crippen molar-refractivity contribution in [2.24, 2.45) is 0 Å². The van der Waals surface area contributed by atoms with Crippen molar-refractivity contribution in [2.45, 2.75) is 5.03 Å². The number of aromatic nitrogens is 3. The van der Waals surface area contributed by atoms with Crippen LogP contribution < -0.4 is 5.73 Å². The number of nitrogen functional groups attached to an aromatic ring is 1. The fraction of sp³-hybridized carbons (Fsp3) is 0.167. The lowest BCUT2D eigenvalue weighted by Crippen LogP contribution is -2.11. The molecule has 122 valence electrons. The van der Waals surface area contributed by atoms with Crippen LogP contribution in [0.3, 0.4) is 0 Å². The minimum absolute atomic E-state index is 0.0751. The summed E-state index contributed by atoms with van der Waals surface area (Å²) in [4.78, 5) is 32.3. The van der Waals surface area contributed by atoms with Crippen LogP contribution in [-0.4, -0.2) is 41.1 Å². The average Bonchev–Trinajstić information content (AvgIpc) is 2.81. The van der Waals surface area contributed by atoms with Crippen molar-refractivity contribution in [3.63, 3.8) is 0 Å². The maximum absolute atomic E-state index is 12.2. The first kappa shape index (κ1) is 17.2. The minimum atomic E-state index is -0.770. The number of thiol groups is 1. The molecule has 0 bridgehead atoms. The number of aromatic amines is 3. The second-order valence-electron chi connectivity index (χ2n) is 4.28. The summed E-state index contributed by atoms with van der Waals surface area (Å²) in [5, 5.41) is 0.114. The maximum Gasteiger partial charge on any atom is 0.341 e. The molecular weight excluding hydrogens is 360 g/mol. The van der Waals surface area contributed by atoms with E-state index in [1.807, 2.05) is 0 Å². The topological polar surface area (TPSA) is 126 Å². The summed E-state index contributed by atoms with van der Waals surface area (Å²) in [6.07, 6.45) is 0. The number of nitrogens with one attached hydrogen (secondary N) is 3.